The Kier molecular flexibility index (Phi) is 6.45. The van der Waals surface area contributed by atoms with E-state index in [1.807, 2.05) is 35.6 Å². The van der Waals surface area contributed by atoms with E-state index in [1.54, 1.807) is 19.1 Å². The van der Waals surface area contributed by atoms with Crippen LogP contribution in [-0.4, -0.2) is 24.6 Å². The van der Waals surface area contributed by atoms with Crippen LogP contribution < -0.4 is 15.4 Å². The summed E-state index contributed by atoms with van der Waals surface area (Å²) in [5, 5.41) is 14.2. The lowest BCUT2D eigenvalue weighted by Gasteiger charge is -2.23. The number of hydrogen-bond donors (Lipinski definition) is 2. The predicted octanol–water partition coefficient (Wildman–Crippen LogP) is 2.75. The average molecular weight is 400 g/mol. The zero-order valence-electron chi connectivity index (χ0n) is 16.1. The van der Waals surface area contributed by atoms with Crippen molar-refractivity contribution in [3.05, 3.63) is 65.7 Å². The Morgan fingerprint density at radius 2 is 1.83 bits per heavy atom. The van der Waals surface area contributed by atoms with Gasteiger partial charge in [0.05, 0.1) is 6.07 Å². The first-order valence-corrected chi connectivity index (χ1v) is 9.56. The van der Waals surface area contributed by atoms with Crippen molar-refractivity contribution in [3.63, 3.8) is 0 Å². The molecule has 0 bridgehead atoms. The molecule has 1 aliphatic rings. The maximum absolute atomic E-state index is 12.5. The largest absolute Gasteiger partial charge is 0.435 e. The number of benzene rings is 2. The number of alkyl halides is 2. The number of amides is 1. The van der Waals surface area contributed by atoms with E-state index in [-0.39, 0.29) is 30.2 Å². The van der Waals surface area contributed by atoms with E-state index < -0.39 is 12.2 Å². The van der Waals surface area contributed by atoms with Crippen molar-refractivity contribution < 1.29 is 23.6 Å². The molecule has 1 aliphatic carbocycles. The third-order valence-corrected chi connectivity index (χ3v) is 5.19. The summed E-state index contributed by atoms with van der Waals surface area (Å²) in [5.41, 5.74) is 1.01. The van der Waals surface area contributed by atoms with Gasteiger partial charge in [-0.1, -0.05) is 30.3 Å². The number of nitrogens with zero attached hydrogens (tertiary/aromatic N) is 1. The average Bonchev–Trinajstić information content (AvgIpc) is 3.55. The Hall–Kier alpha value is -2.98. The summed E-state index contributed by atoms with van der Waals surface area (Å²) in [5.74, 6) is 0.0887. The number of nitrogens with two attached hydrogens (primary N) is 1. The highest BCUT2D eigenvalue weighted by Crippen LogP contribution is 2.39. The first kappa shape index (κ1) is 20.7. The van der Waals surface area contributed by atoms with E-state index in [4.69, 9.17) is 0 Å². The van der Waals surface area contributed by atoms with Crippen LogP contribution in [0.5, 0.6) is 5.75 Å². The number of nitriles is 1. The third-order valence-electron chi connectivity index (χ3n) is 5.19. The lowest BCUT2D eigenvalue weighted by molar-refractivity contribution is -0.676. The van der Waals surface area contributed by atoms with E-state index >= 15 is 0 Å². The van der Waals surface area contributed by atoms with Gasteiger partial charge in [-0.05, 0) is 49.9 Å². The van der Waals surface area contributed by atoms with Crippen LogP contribution in [-0.2, 0) is 4.79 Å². The summed E-state index contributed by atoms with van der Waals surface area (Å²) in [6, 6.07) is 18.1. The molecule has 3 N–H and O–H groups in total. The normalized spacial score (nSPS) is 16.5. The zero-order valence-corrected chi connectivity index (χ0v) is 16.1. The van der Waals surface area contributed by atoms with Gasteiger partial charge in [-0.3, -0.25) is 4.79 Å². The second kappa shape index (κ2) is 9.01. The maximum Gasteiger partial charge on any atom is 0.387 e. The highest BCUT2D eigenvalue weighted by molar-refractivity contribution is 5.78. The Morgan fingerprint density at radius 1 is 1.21 bits per heavy atom. The fourth-order valence-corrected chi connectivity index (χ4v) is 3.43. The number of nitrogens with one attached hydrogen (secondary N) is 1. The number of carbonyl (C=O) groups excluding carboxylic acids is 1. The van der Waals surface area contributed by atoms with Gasteiger partial charge < -0.3 is 15.4 Å². The number of halogens is 2. The van der Waals surface area contributed by atoms with Crippen LogP contribution in [0.15, 0.2) is 54.6 Å². The van der Waals surface area contributed by atoms with Gasteiger partial charge in [-0.25, -0.2) is 0 Å². The van der Waals surface area contributed by atoms with Crippen molar-refractivity contribution in [2.24, 2.45) is 5.92 Å². The highest BCUT2D eigenvalue weighted by atomic mass is 19.3. The van der Waals surface area contributed by atoms with Crippen LogP contribution in [0.4, 0.5) is 8.78 Å². The maximum atomic E-state index is 12.5. The summed E-state index contributed by atoms with van der Waals surface area (Å²) < 4.78 is 29.2. The number of ether oxygens (including phenoxy) is 1. The molecule has 3 rings (SSSR count). The molecule has 152 valence electrons. The van der Waals surface area contributed by atoms with E-state index in [9.17, 15) is 18.8 Å². The van der Waals surface area contributed by atoms with Crippen molar-refractivity contribution in [2.75, 3.05) is 6.54 Å². The Labute approximate surface area is 168 Å². The molecule has 2 atom stereocenters. The molecule has 7 heteroatoms. The minimum Gasteiger partial charge on any atom is -0.435 e. The molecule has 5 nitrogen and oxygen atoms in total. The van der Waals surface area contributed by atoms with Crippen LogP contribution in [0.25, 0.3) is 0 Å². The Morgan fingerprint density at radius 3 is 2.38 bits per heavy atom. The van der Waals surface area contributed by atoms with Crippen LogP contribution in [0, 0.1) is 17.2 Å². The van der Waals surface area contributed by atoms with Gasteiger partial charge in [0.1, 0.15) is 17.3 Å². The van der Waals surface area contributed by atoms with Crippen molar-refractivity contribution >= 4 is 5.91 Å². The van der Waals surface area contributed by atoms with Gasteiger partial charge >= 0.3 is 6.61 Å². The van der Waals surface area contributed by atoms with Gasteiger partial charge in [-0.2, -0.15) is 14.0 Å². The molecule has 1 saturated carbocycles. The van der Waals surface area contributed by atoms with Gasteiger partial charge in [0, 0.05) is 11.1 Å². The molecule has 0 radical (unpaired) electrons. The predicted molar refractivity (Wildman–Crippen MR) is 103 cm³/mol. The minimum absolute atomic E-state index is 0.0857. The standard InChI is InChI=1S/C22H23F2N3O2/c1-22(14-25,17-9-10-17)27-19(28)13-26-20(15-5-3-2-4-6-15)16-7-11-18(12-8-16)29-21(23)24/h2-8,11-12,17,20-21,26H,9-10,13H2,1H3,(H,27,28)/p+1/t20-,22-/m1/s1. The van der Waals surface area contributed by atoms with Crippen LogP contribution >= 0.6 is 0 Å². The van der Waals surface area contributed by atoms with E-state index in [2.05, 4.69) is 16.1 Å². The number of carbonyl (C=O) groups is 1. The zero-order chi connectivity index (χ0) is 20.9. The SMILES string of the molecule is C[C@](C#N)(NC(=O)C[NH2+][C@H](c1ccccc1)c1ccc(OC(F)F)cc1)C1CC1. The fraction of sp³-hybridized carbons (Fsp3) is 0.364. The first-order valence-electron chi connectivity index (χ1n) is 9.56. The first-order chi connectivity index (χ1) is 13.9. The van der Waals surface area contributed by atoms with Crippen molar-refractivity contribution in [1.82, 2.24) is 5.32 Å². The van der Waals surface area contributed by atoms with Crippen molar-refractivity contribution in [3.8, 4) is 11.8 Å². The molecule has 2 aromatic rings. The number of hydrogen-bond acceptors (Lipinski definition) is 3. The molecule has 0 heterocycles. The quantitative estimate of drug-likeness (QED) is 0.679. The summed E-state index contributed by atoms with van der Waals surface area (Å²) in [4.78, 5) is 12.5. The second-order valence-corrected chi connectivity index (χ2v) is 7.41. The van der Waals surface area contributed by atoms with Gasteiger partial charge in [0.2, 0.25) is 0 Å². The molecule has 0 aromatic heterocycles. The van der Waals surface area contributed by atoms with E-state index in [1.165, 1.54) is 12.1 Å². The molecule has 1 amide bonds. The fourth-order valence-electron chi connectivity index (χ4n) is 3.43. The lowest BCUT2D eigenvalue weighted by Crippen LogP contribution is -2.88. The van der Waals surface area contributed by atoms with Crippen LogP contribution in [0.1, 0.15) is 36.9 Å². The highest BCUT2D eigenvalue weighted by Gasteiger charge is 2.43. The molecule has 0 unspecified atom stereocenters. The molecule has 29 heavy (non-hydrogen) atoms. The lowest BCUT2D eigenvalue weighted by atomic mass is 9.97. The van der Waals surface area contributed by atoms with Gasteiger partial charge in [0.25, 0.3) is 5.91 Å². The molecular weight excluding hydrogens is 376 g/mol. The smallest absolute Gasteiger partial charge is 0.387 e. The van der Waals surface area contributed by atoms with Crippen molar-refractivity contribution in [1.29, 1.82) is 5.26 Å². The Bertz CT molecular complexity index is 864. The monoisotopic (exact) mass is 400 g/mol. The third kappa shape index (κ3) is 5.52. The van der Waals surface area contributed by atoms with E-state index in [0.29, 0.717) is 0 Å². The summed E-state index contributed by atoms with van der Waals surface area (Å²) in [6.07, 6.45) is 1.90. The van der Waals surface area contributed by atoms with Gasteiger partial charge in [-0.15, -0.1) is 0 Å². The van der Waals surface area contributed by atoms with Crippen molar-refractivity contribution in [2.45, 2.75) is 38.0 Å². The molecule has 1 fully saturated rings. The number of rotatable bonds is 9. The van der Waals surface area contributed by atoms with Gasteiger partial charge in [0.15, 0.2) is 6.54 Å². The Balaban J connectivity index is 1.71. The minimum atomic E-state index is -2.87. The second-order valence-electron chi connectivity index (χ2n) is 7.41. The van der Waals surface area contributed by atoms with Crippen LogP contribution in [0.2, 0.25) is 0 Å². The molecule has 0 spiro atoms. The molecular formula is C22H24F2N3O2+. The molecule has 0 aliphatic heterocycles. The molecule has 2 aromatic carbocycles. The number of quaternary nitrogens is 1. The summed E-state index contributed by atoms with van der Waals surface area (Å²) in [6.45, 7) is -0.973. The molecule has 0 saturated heterocycles. The van der Waals surface area contributed by atoms with Crippen LogP contribution in [0.3, 0.4) is 0 Å². The summed E-state index contributed by atoms with van der Waals surface area (Å²) >= 11 is 0. The summed E-state index contributed by atoms with van der Waals surface area (Å²) in [7, 11) is 0. The van der Waals surface area contributed by atoms with E-state index in [0.717, 1.165) is 24.0 Å². The topological polar surface area (TPSA) is 78.7 Å².